The Balaban J connectivity index is 1.18. The number of ether oxygens (including phenoxy) is 2. The van der Waals surface area contributed by atoms with Crippen LogP contribution >= 0.6 is 0 Å². The van der Waals surface area contributed by atoms with Crippen molar-refractivity contribution in [2.24, 2.45) is 41.4 Å². The Morgan fingerprint density at radius 1 is 0.957 bits per heavy atom. The van der Waals surface area contributed by atoms with Crippen LogP contribution in [0.1, 0.15) is 51.9 Å². The van der Waals surface area contributed by atoms with Gasteiger partial charge in [-0.05, 0) is 87.4 Å². The van der Waals surface area contributed by atoms with Crippen molar-refractivity contribution in [1.82, 2.24) is 0 Å². The Morgan fingerprint density at radius 2 is 1.65 bits per heavy atom. The number of fused-ring (bicyclic) bond motifs is 2. The summed E-state index contributed by atoms with van der Waals surface area (Å²) in [4.78, 5) is 12.5. The van der Waals surface area contributed by atoms with Gasteiger partial charge in [0.15, 0.2) is 6.29 Å². The van der Waals surface area contributed by atoms with Gasteiger partial charge in [-0.25, -0.2) is 0 Å². The van der Waals surface area contributed by atoms with Crippen molar-refractivity contribution in [3.05, 3.63) is 12.2 Å². The van der Waals surface area contributed by atoms with Crippen LogP contribution in [0.5, 0.6) is 0 Å². The minimum Gasteiger partial charge on any atom is -0.436 e. The Kier molecular flexibility index (Phi) is 3.37. The van der Waals surface area contributed by atoms with Crippen LogP contribution in [0.2, 0.25) is 0 Å². The topological polar surface area (TPSA) is 35.5 Å². The second-order valence-corrected chi connectivity index (χ2v) is 8.92. The molecule has 0 aromatic carbocycles. The minimum atomic E-state index is -0.381. The van der Waals surface area contributed by atoms with E-state index in [-0.39, 0.29) is 18.2 Å². The summed E-state index contributed by atoms with van der Waals surface area (Å²) >= 11 is 0. The molecule has 3 heteroatoms. The zero-order valence-corrected chi connectivity index (χ0v) is 14.0. The van der Waals surface area contributed by atoms with Gasteiger partial charge in [0.05, 0.1) is 12.0 Å². The van der Waals surface area contributed by atoms with E-state index >= 15 is 0 Å². The average Bonchev–Trinajstić information content (AvgIpc) is 3.13. The molecule has 0 radical (unpaired) electrons. The van der Waals surface area contributed by atoms with Gasteiger partial charge in [0.2, 0.25) is 0 Å². The zero-order valence-electron chi connectivity index (χ0n) is 14.0. The SMILES string of the molecule is CC(OC(=O)C1CC2C=CC1C2)OC1C2CC3CC(C2)CC1C3. The molecule has 0 aromatic rings. The van der Waals surface area contributed by atoms with E-state index in [2.05, 4.69) is 12.2 Å². The molecule has 0 heterocycles. The smallest absolute Gasteiger partial charge is 0.311 e. The molecule has 3 nitrogen and oxygen atoms in total. The normalized spacial score (nSPS) is 50.5. The van der Waals surface area contributed by atoms with Crippen molar-refractivity contribution < 1.29 is 14.3 Å². The molecule has 4 atom stereocenters. The number of carbonyl (C=O) groups is 1. The van der Waals surface area contributed by atoms with Crippen molar-refractivity contribution in [2.45, 2.75) is 64.3 Å². The molecule has 23 heavy (non-hydrogen) atoms. The van der Waals surface area contributed by atoms with Crippen molar-refractivity contribution in [1.29, 1.82) is 0 Å². The second kappa shape index (κ2) is 5.34. The molecule has 0 spiro atoms. The van der Waals surface area contributed by atoms with E-state index in [9.17, 15) is 4.79 Å². The van der Waals surface area contributed by atoms with Gasteiger partial charge < -0.3 is 9.47 Å². The van der Waals surface area contributed by atoms with Gasteiger partial charge in [-0.1, -0.05) is 12.2 Å². The summed E-state index contributed by atoms with van der Waals surface area (Å²) in [6.45, 7) is 1.92. The van der Waals surface area contributed by atoms with E-state index in [0.29, 0.717) is 17.9 Å². The number of rotatable bonds is 4. The second-order valence-electron chi connectivity index (χ2n) is 8.92. The molecule has 0 saturated heterocycles. The lowest BCUT2D eigenvalue weighted by Crippen LogP contribution is -2.50. The zero-order chi connectivity index (χ0) is 15.6. The van der Waals surface area contributed by atoms with Gasteiger partial charge in [-0.3, -0.25) is 4.79 Å². The van der Waals surface area contributed by atoms with E-state index in [1.807, 2.05) is 6.92 Å². The van der Waals surface area contributed by atoms with E-state index in [1.54, 1.807) is 0 Å². The molecule has 6 aliphatic carbocycles. The van der Waals surface area contributed by atoms with Gasteiger partial charge in [-0.15, -0.1) is 0 Å². The van der Waals surface area contributed by atoms with Crippen LogP contribution in [-0.2, 0) is 14.3 Å². The van der Waals surface area contributed by atoms with Crippen LogP contribution < -0.4 is 0 Å². The van der Waals surface area contributed by atoms with Crippen LogP contribution in [0.3, 0.4) is 0 Å². The Morgan fingerprint density at radius 3 is 2.22 bits per heavy atom. The van der Waals surface area contributed by atoms with Gasteiger partial charge in [0, 0.05) is 0 Å². The van der Waals surface area contributed by atoms with E-state index in [0.717, 1.165) is 36.5 Å². The number of carbonyl (C=O) groups excluding carboxylic acids is 1. The summed E-state index contributed by atoms with van der Waals surface area (Å²) in [5, 5.41) is 0. The summed E-state index contributed by atoms with van der Waals surface area (Å²) < 4.78 is 12.0. The third-order valence-electron chi connectivity index (χ3n) is 7.35. The maximum absolute atomic E-state index is 12.5. The maximum atomic E-state index is 12.5. The fraction of sp³-hybridized carbons (Fsp3) is 0.850. The molecule has 0 amide bonds. The quantitative estimate of drug-likeness (QED) is 0.448. The predicted octanol–water partition coefficient (Wildman–Crippen LogP) is 3.93. The molecular weight excluding hydrogens is 288 g/mol. The maximum Gasteiger partial charge on any atom is 0.311 e. The van der Waals surface area contributed by atoms with Crippen molar-refractivity contribution in [3.63, 3.8) is 0 Å². The first-order valence-corrected chi connectivity index (χ1v) is 9.70. The molecule has 0 aliphatic heterocycles. The highest BCUT2D eigenvalue weighted by Gasteiger charge is 2.49. The molecule has 4 unspecified atom stereocenters. The minimum absolute atomic E-state index is 0.0295. The Bertz CT molecular complexity index is 497. The van der Waals surface area contributed by atoms with Crippen LogP contribution in [0.15, 0.2) is 12.2 Å². The highest BCUT2D eigenvalue weighted by molar-refractivity contribution is 5.74. The van der Waals surface area contributed by atoms with Crippen LogP contribution in [0, 0.1) is 41.4 Å². The first-order chi connectivity index (χ1) is 11.2. The summed E-state index contributed by atoms with van der Waals surface area (Å²) in [5.41, 5.74) is 0. The summed E-state index contributed by atoms with van der Waals surface area (Å²) in [6.07, 6.45) is 13.4. The molecule has 6 aliphatic rings. The Hall–Kier alpha value is -0.830. The lowest BCUT2D eigenvalue weighted by Gasteiger charge is -2.54. The monoisotopic (exact) mass is 316 g/mol. The van der Waals surface area contributed by atoms with Crippen LogP contribution in [0.25, 0.3) is 0 Å². The number of esters is 1. The molecule has 5 saturated carbocycles. The predicted molar refractivity (Wildman–Crippen MR) is 86.3 cm³/mol. The van der Waals surface area contributed by atoms with Crippen molar-refractivity contribution in [2.75, 3.05) is 0 Å². The van der Waals surface area contributed by atoms with Gasteiger partial charge in [0.1, 0.15) is 0 Å². The van der Waals surface area contributed by atoms with Gasteiger partial charge in [-0.2, -0.15) is 0 Å². The number of hydrogen-bond acceptors (Lipinski definition) is 3. The van der Waals surface area contributed by atoms with Crippen LogP contribution in [-0.4, -0.2) is 18.4 Å². The van der Waals surface area contributed by atoms with E-state index in [4.69, 9.17) is 9.47 Å². The lowest BCUT2D eigenvalue weighted by molar-refractivity contribution is -0.222. The summed E-state index contributed by atoms with van der Waals surface area (Å²) in [5.74, 6) is 4.43. The summed E-state index contributed by atoms with van der Waals surface area (Å²) in [7, 11) is 0. The van der Waals surface area contributed by atoms with Gasteiger partial charge >= 0.3 is 5.97 Å². The highest BCUT2D eigenvalue weighted by Crippen LogP contribution is 2.55. The molecule has 126 valence electrons. The third-order valence-corrected chi connectivity index (χ3v) is 7.35. The third kappa shape index (κ3) is 2.47. The highest BCUT2D eigenvalue weighted by atomic mass is 16.7. The molecule has 5 fully saturated rings. The van der Waals surface area contributed by atoms with Crippen molar-refractivity contribution in [3.8, 4) is 0 Å². The first-order valence-electron chi connectivity index (χ1n) is 9.70. The standard InChI is InChI=1S/C20H28O3/c1-11(23-20(21)18-10-12-2-3-15(18)5-12)22-19-16-6-13-4-14(8-16)9-17(19)7-13/h2-3,11-19H,4-10H2,1H3. The fourth-order valence-corrected chi connectivity index (χ4v) is 6.65. The molecule has 0 aromatic heterocycles. The molecule has 6 bridgehead atoms. The lowest BCUT2D eigenvalue weighted by atomic mass is 9.55. The largest absolute Gasteiger partial charge is 0.436 e. The van der Waals surface area contributed by atoms with E-state index < -0.39 is 0 Å². The first kappa shape index (κ1) is 14.5. The fourth-order valence-electron chi connectivity index (χ4n) is 6.65. The van der Waals surface area contributed by atoms with Crippen LogP contribution in [0.4, 0.5) is 0 Å². The van der Waals surface area contributed by atoms with Crippen molar-refractivity contribution >= 4 is 5.97 Å². The molecule has 0 N–H and O–H groups in total. The number of allylic oxidation sites excluding steroid dienone is 2. The average molecular weight is 316 g/mol. The molecular formula is C20H28O3. The Labute approximate surface area is 138 Å². The van der Waals surface area contributed by atoms with E-state index in [1.165, 1.54) is 32.1 Å². The summed E-state index contributed by atoms with van der Waals surface area (Å²) in [6, 6.07) is 0. The van der Waals surface area contributed by atoms with Gasteiger partial charge in [0.25, 0.3) is 0 Å². The molecule has 6 rings (SSSR count). The number of hydrogen-bond donors (Lipinski definition) is 0.